The van der Waals surface area contributed by atoms with Gasteiger partial charge in [-0.2, -0.15) is 0 Å². The van der Waals surface area contributed by atoms with E-state index in [1.54, 1.807) is 0 Å². The molecule has 0 saturated carbocycles. The molecule has 0 spiro atoms. The molecular formula is C5H11O5P. The average Bonchev–Trinajstić information content (AvgIpc) is 1.84. The summed E-state index contributed by atoms with van der Waals surface area (Å²) in [5.74, 6) is 0. The van der Waals surface area contributed by atoms with Crippen molar-refractivity contribution in [3.8, 4) is 0 Å². The molecule has 0 radical (unpaired) electrons. The van der Waals surface area contributed by atoms with Crippen molar-refractivity contribution in [1.82, 2.24) is 0 Å². The molecule has 0 fully saturated rings. The predicted octanol–water partition coefficient (Wildman–Crippen LogP) is 0.625. The zero-order chi connectivity index (χ0) is 8.04. The van der Waals surface area contributed by atoms with E-state index in [1.165, 1.54) is 6.08 Å². The van der Waals surface area contributed by atoms with Gasteiger partial charge >= 0.3 is 7.82 Å². The summed E-state index contributed by atoms with van der Waals surface area (Å²) in [5, 5.41) is 0. The van der Waals surface area contributed by atoms with Crippen molar-refractivity contribution in [2.45, 2.75) is 0 Å². The van der Waals surface area contributed by atoms with Crippen LogP contribution in [0.25, 0.3) is 0 Å². The Kier molecular flexibility index (Phi) is 7.24. The van der Waals surface area contributed by atoms with E-state index in [4.69, 9.17) is 4.89 Å². The van der Waals surface area contributed by atoms with E-state index in [0.29, 0.717) is 0 Å². The normalized spacial score (nSPS) is 13.9. The van der Waals surface area contributed by atoms with Crippen LogP contribution >= 0.6 is 7.82 Å². The number of rotatable bonds is 5. The molecule has 1 atom stereocenters. The van der Waals surface area contributed by atoms with Crippen molar-refractivity contribution in [2.75, 3.05) is 6.61 Å². The second-order valence-corrected chi connectivity index (χ2v) is 2.73. The van der Waals surface area contributed by atoms with Crippen LogP contribution in [-0.4, -0.2) is 17.0 Å². The zero-order valence-electron chi connectivity index (χ0n) is 5.90. The van der Waals surface area contributed by atoms with Crippen LogP contribution in [0.15, 0.2) is 25.5 Å². The highest BCUT2D eigenvalue weighted by molar-refractivity contribution is 7.47. The molecule has 0 bridgehead atoms. The number of phosphoric acid groups is 1. The molecule has 0 aliphatic rings. The van der Waals surface area contributed by atoms with Crippen LogP contribution in [0, 0.1) is 0 Å². The van der Waals surface area contributed by atoms with E-state index < -0.39 is 7.82 Å². The highest BCUT2D eigenvalue weighted by Gasteiger charge is 2.18. The highest BCUT2D eigenvalue weighted by atomic mass is 31.2. The fourth-order valence-electron chi connectivity index (χ4n) is 0.272. The van der Waals surface area contributed by atoms with Crippen molar-refractivity contribution in [2.24, 2.45) is 0 Å². The monoisotopic (exact) mass is 182 g/mol. The maximum absolute atomic E-state index is 10.6. The van der Waals surface area contributed by atoms with Gasteiger partial charge in [0.15, 0.2) is 0 Å². The predicted molar refractivity (Wildman–Crippen MR) is 40.9 cm³/mol. The van der Waals surface area contributed by atoms with Gasteiger partial charge in [0.2, 0.25) is 0 Å². The van der Waals surface area contributed by atoms with E-state index in [0.717, 1.165) is 6.26 Å². The summed E-state index contributed by atoms with van der Waals surface area (Å²) in [6, 6.07) is 0. The van der Waals surface area contributed by atoms with Gasteiger partial charge in [-0.1, -0.05) is 12.7 Å². The van der Waals surface area contributed by atoms with Crippen LogP contribution in [0.2, 0.25) is 0 Å². The lowest BCUT2D eigenvalue weighted by atomic mass is 10.7. The lowest BCUT2D eigenvalue weighted by Crippen LogP contribution is -1.89. The summed E-state index contributed by atoms with van der Waals surface area (Å²) < 4.78 is 19.0. The molecule has 3 N–H and O–H groups in total. The minimum absolute atomic E-state index is 0. The molecule has 0 aliphatic heterocycles. The number of hydrogen-bond acceptors (Lipinski definition) is 3. The van der Waals surface area contributed by atoms with Gasteiger partial charge in [0.05, 0.1) is 12.9 Å². The smallest absolute Gasteiger partial charge is 0.413 e. The summed E-state index contributed by atoms with van der Waals surface area (Å²) >= 11 is 0. The molecule has 0 rings (SSSR count). The third-order valence-corrected chi connectivity index (χ3v) is 1.45. The first kappa shape index (κ1) is 13.0. The lowest BCUT2D eigenvalue weighted by Gasteiger charge is -2.06. The molecule has 0 saturated heterocycles. The lowest BCUT2D eigenvalue weighted by molar-refractivity contribution is 0.205. The molecule has 0 aromatic heterocycles. The van der Waals surface area contributed by atoms with Gasteiger partial charge in [0, 0.05) is 0 Å². The summed E-state index contributed by atoms with van der Waals surface area (Å²) in [4.78, 5) is 8.64. The summed E-state index contributed by atoms with van der Waals surface area (Å²) in [7, 11) is -3.90. The van der Waals surface area contributed by atoms with Crippen LogP contribution in [0.4, 0.5) is 0 Å². The molecule has 11 heavy (non-hydrogen) atoms. The van der Waals surface area contributed by atoms with Crippen LogP contribution in [-0.2, 0) is 13.6 Å². The Morgan fingerprint density at radius 3 is 2.45 bits per heavy atom. The second-order valence-electron chi connectivity index (χ2n) is 1.33. The Hall–Kier alpha value is -0.610. The molecule has 66 valence electrons. The van der Waals surface area contributed by atoms with E-state index in [2.05, 4.69) is 22.2 Å². The molecule has 1 unspecified atom stereocenters. The maximum Gasteiger partial charge on any atom is 0.527 e. The SMILES string of the molecule is C=CCOP(=O)(O)OC=C.O. The summed E-state index contributed by atoms with van der Waals surface area (Å²) in [6.07, 6.45) is 2.19. The Morgan fingerprint density at radius 2 is 2.09 bits per heavy atom. The Bertz CT molecular complexity index is 166. The topological polar surface area (TPSA) is 87.3 Å². The summed E-state index contributed by atoms with van der Waals surface area (Å²) in [6.45, 7) is 6.35. The van der Waals surface area contributed by atoms with Crippen molar-refractivity contribution in [3.05, 3.63) is 25.5 Å². The van der Waals surface area contributed by atoms with E-state index in [9.17, 15) is 4.57 Å². The fraction of sp³-hybridized carbons (Fsp3) is 0.200. The van der Waals surface area contributed by atoms with Crippen LogP contribution < -0.4 is 0 Å². The Balaban J connectivity index is 0. The standard InChI is InChI=1S/C5H9O4P.H2O/c1-3-5-9-10(6,7)8-4-2;/h3-4H,1-2,5H2,(H,6,7);1H2. The van der Waals surface area contributed by atoms with Gasteiger partial charge in [-0.05, 0) is 0 Å². The maximum atomic E-state index is 10.6. The number of hydrogen-bond donors (Lipinski definition) is 1. The molecule has 0 amide bonds. The first-order valence-electron chi connectivity index (χ1n) is 2.50. The third-order valence-electron chi connectivity index (χ3n) is 0.563. The second kappa shape index (κ2) is 6.12. The quantitative estimate of drug-likeness (QED) is 0.383. The van der Waals surface area contributed by atoms with Crippen LogP contribution in [0.1, 0.15) is 0 Å². The fourth-order valence-corrected chi connectivity index (χ4v) is 0.815. The Morgan fingerprint density at radius 1 is 1.55 bits per heavy atom. The molecule has 0 heterocycles. The van der Waals surface area contributed by atoms with Gasteiger partial charge in [0.25, 0.3) is 0 Å². The largest absolute Gasteiger partial charge is 0.527 e. The molecule has 0 aromatic rings. The zero-order valence-corrected chi connectivity index (χ0v) is 6.79. The first-order chi connectivity index (χ1) is 4.62. The highest BCUT2D eigenvalue weighted by Crippen LogP contribution is 2.42. The molecule has 5 nitrogen and oxygen atoms in total. The third kappa shape index (κ3) is 7.29. The number of phosphoric ester groups is 1. The minimum atomic E-state index is -3.90. The van der Waals surface area contributed by atoms with Crippen molar-refractivity contribution in [1.29, 1.82) is 0 Å². The van der Waals surface area contributed by atoms with Crippen molar-refractivity contribution >= 4 is 7.82 Å². The minimum Gasteiger partial charge on any atom is -0.413 e. The molecular weight excluding hydrogens is 171 g/mol. The molecule has 0 aliphatic carbocycles. The Labute approximate surface area is 64.9 Å². The van der Waals surface area contributed by atoms with Gasteiger partial charge in [-0.25, -0.2) is 4.57 Å². The van der Waals surface area contributed by atoms with Crippen LogP contribution in [0.5, 0.6) is 0 Å². The van der Waals surface area contributed by atoms with Crippen LogP contribution in [0.3, 0.4) is 0 Å². The average molecular weight is 182 g/mol. The van der Waals surface area contributed by atoms with Crippen molar-refractivity contribution < 1.29 is 24.0 Å². The van der Waals surface area contributed by atoms with Gasteiger partial charge in [-0.3, -0.25) is 9.42 Å². The van der Waals surface area contributed by atoms with E-state index in [-0.39, 0.29) is 12.1 Å². The van der Waals surface area contributed by atoms with E-state index in [1.807, 2.05) is 0 Å². The van der Waals surface area contributed by atoms with Gasteiger partial charge in [-0.15, -0.1) is 6.58 Å². The summed E-state index contributed by atoms with van der Waals surface area (Å²) in [5.41, 5.74) is 0. The van der Waals surface area contributed by atoms with Gasteiger partial charge in [0.1, 0.15) is 0 Å². The first-order valence-corrected chi connectivity index (χ1v) is 3.99. The van der Waals surface area contributed by atoms with Crippen molar-refractivity contribution in [3.63, 3.8) is 0 Å². The molecule has 0 aromatic carbocycles. The van der Waals surface area contributed by atoms with Gasteiger partial charge < -0.3 is 10.00 Å². The molecule has 6 heteroatoms. The van der Waals surface area contributed by atoms with E-state index >= 15 is 0 Å².